The van der Waals surface area contributed by atoms with Crippen LogP contribution in [0.3, 0.4) is 0 Å². The van der Waals surface area contributed by atoms with Crippen LogP contribution in [0.15, 0.2) is 48.5 Å². The normalized spacial score (nSPS) is 14.6. The van der Waals surface area contributed by atoms with Crippen molar-refractivity contribution in [1.29, 1.82) is 0 Å². The molecule has 3 nitrogen and oxygen atoms in total. The highest BCUT2D eigenvalue weighted by Crippen LogP contribution is 2.38. The monoisotopic (exact) mass is 342 g/mol. The third-order valence-corrected chi connectivity index (χ3v) is 4.94. The molecule has 0 aromatic heterocycles. The molecule has 0 amide bonds. The molecule has 1 atom stereocenters. The molecule has 24 heavy (non-hydrogen) atoms. The predicted molar refractivity (Wildman–Crippen MR) is 98.3 cm³/mol. The number of rotatable bonds is 6. The van der Waals surface area contributed by atoms with Crippen molar-refractivity contribution in [2.24, 2.45) is 0 Å². The number of hydrogen-bond acceptors (Lipinski definition) is 3. The van der Waals surface area contributed by atoms with Crippen molar-refractivity contribution in [2.75, 3.05) is 6.26 Å². The van der Waals surface area contributed by atoms with Crippen molar-refractivity contribution in [1.82, 2.24) is 0 Å². The van der Waals surface area contributed by atoms with Crippen LogP contribution in [-0.2, 0) is 20.7 Å². The van der Waals surface area contributed by atoms with Gasteiger partial charge >= 0.3 is 0 Å². The SMILES string of the molecule is CC(CCC=Cc1cccc2c1Cc1ccccc1-2)OS(C)(=O)=O. The van der Waals surface area contributed by atoms with E-state index in [1.807, 2.05) is 0 Å². The highest BCUT2D eigenvalue weighted by atomic mass is 32.2. The van der Waals surface area contributed by atoms with Gasteiger partial charge in [-0.3, -0.25) is 4.18 Å². The minimum atomic E-state index is -3.38. The molecule has 3 rings (SSSR count). The van der Waals surface area contributed by atoms with Crippen LogP contribution in [0, 0.1) is 0 Å². The molecule has 1 aliphatic rings. The molecule has 0 radical (unpaired) electrons. The van der Waals surface area contributed by atoms with Crippen molar-refractivity contribution in [3.63, 3.8) is 0 Å². The minimum absolute atomic E-state index is 0.296. The zero-order valence-corrected chi connectivity index (χ0v) is 14.8. The maximum absolute atomic E-state index is 11.1. The van der Waals surface area contributed by atoms with Crippen LogP contribution in [0.25, 0.3) is 17.2 Å². The second kappa shape index (κ2) is 6.91. The topological polar surface area (TPSA) is 43.4 Å². The van der Waals surface area contributed by atoms with Crippen LogP contribution >= 0.6 is 0 Å². The summed E-state index contributed by atoms with van der Waals surface area (Å²) in [6.45, 7) is 1.78. The van der Waals surface area contributed by atoms with Gasteiger partial charge in [0.25, 0.3) is 10.1 Å². The maximum atomic E-state index is 11.1. The Hall–Kier alpha value is -1.91. The molecule has 0 heterocycles. The first-order valence-corrected chi connectivity index (χ1v) is 10.0. The van der Waals surface area contributed by atoms with E-state index in [0.29, 0.717) is 6.42 Å². The van der Waals surface area contributed by atoms with Gasteiger partial charge in [-0.1, -0.05) is 54.6 Å². The Morgan fingerprint density at radius 2 is 1.88 bits per heavy atom. The molecule has 2 aromatic carbocycles. The van der Waals surface area contributed by atoms with Crippen LogP contribution in [0.4, 0.5) is 0 Å². The maximum Gasteiger partial charge on any atom is 0.264 e. The fourth-order valence-corrected chi connectivity index (χ4v) is 3.92. The van der Waals surface area contributed by atoms with Crippen molar-refractivity contribution in [2.45, 2.75) is 32.3 Å². The summed E-state index contributed by atoms with van der Waals surface area (Å²) in [5.41, 5.74) is 6.64. The van der Waals surface area contributed by atoms with E-state index in [0.717, 1.165) is 19.1 Å². The molecular weight excluding hydrogens is 320 g/mol. The Balaban J connectivity index is 1.67. The molecule has 0 spiro atoms. The van der Waals surface area contributed by atoms with Crippen LogP contribution in [0.5, 0.6) is 0 Å². The van der Waals surface area contributed by atoms with Gasteiger partial charge in [0.1, 0.15) is 0 Å². The second-order valence-corrected chi connectivity index (χ2v) is 7.90. The Labute approximate surface area is 144 Å². The van der Waals surface area contributed by atoms with Gasteiger partial charge in [0.2, 0.25) is 0 Å². The van der Waals surface area contributed by atoms with Crippen LogP contribution in [0.2, 0.25) is 0 Å². The lowest BCUT2D eigenvalue weighted by atomic mass is 10.0. The highest BCUT2D eigenvalue weighted by Gasteiger charge is 2.19. The van der Waals surface area contributed by atoms with Crippen LogP contribution < -0.4 is 0 Å². The molecular formula is C20H22O3S. The summed E-state index contributed by atoms with van der Waals surface area (Å²) >= 11 is 0. The summed E-state index contributed by atoms with van der Waals surface area (Å²) in [4.78, 5) is 0. The smallest absolute Gasteiger partial charge is 0.264 e. The minimum Gasteiger partial charge on any atom is -0.267 e. The van der Waals surface area contributed by atoms with E-state index in [4.69, 9.17) is 4.18 Å². The first-order valence-electron chi connectivity index (χ1n) is 8.19. The Kier molecular flexibility index (Phi) is 4.88. The predicted octanol–water partition coefficient (Wildman–Crippen LogP) is 4.42. The summed E-state index contributed by atoms with van der Waals surface area (Å²) in [6.07, 6.45) is 7.46. The third kappa shape index (κ3) is 3.94. The summed E-state index contributed by atoms with van der Waals surface area (Å²) in [5, 5.41) is 0. The number of hydrogen-bond donors (Lipinski definition) is 0. The van der Waals surface area contributed by atoms with Gasteiger partial charge in [0.05, 0.1) is 12.4 Å². The van der Waals surface area contributed by atoms with E-state index in [-0.39, 0.29) is 6.10 Å². The summed E-state index contributed by atoms with van der Waals surface area (Å²) in [5.74, 6) is 0. The average molecular weight is 342 g/mol. The van der Waals surface area contributed by atoms with Crippen LogP contribution in [-0.4, -0.2) is 20.8 Å². The van der Waals surface area contributed by atoms with Gasteiger partial charge in [0.15, 0.2) is 0 Å². The van der Waals surface area contributed by atoms with E-state index in [1.54, 1.807) is 6.92 Å². The molecule has 4 heteroatoms. The van der Waals surface area contributed by atoms with E-state index < -0.39 is 10.1 Å². The molecule has 2 aromatic rings. The molecule has 0 aliphatic heterocycles. The van der Waals surface area contributed by atoms with Crippen LogP contribution in [0.1, 0.15) is 36.5 Å². The van der Waals surface area contributed by atoms with Gasteiger partial charge < -0.3 is 0 Å². The second-order valence-electron chi connectivity index (χ2n) is 6.30. The lowest BCUT2D eigenvalue weighted by Crippen LogP contribution is -2.13. The van der Waals surface area contributed by atoms with Crippen molar-refractivity contribution in [3.05, 3.63) is 65.2 Å². The van der Waals surface area contributed by atoms with E-state index in [1.165, 1.54) is 27.8 Å². The average Bonchev–Trinajstić information content (AvgIpc) is 2.89. The van der Waals surface area contributed by atoms with Gasteiger partial charge in [-0.25, -0.2) is 0 Å². The molecule has 1 aliphatic carbocycles. The summed E-state index contributed by atoms with van der Waals surface area (Å²) in [7, 11) is -3.38. The van der Waals surface area contributed by atoms with E-state index >= 15 is 0 Å². The van der Waals surface area contributed by atoms with Gasteiger partial charge in [-0.15, -0.1) is 0 Å². The quantitative estimate of drug-likeness (QED) is 0.623. The van der Waals surface area contributed by atoms with Crippen molar-refractivity contribution < 1.29 is 12.6 Å². The number of benzene rings is 2. The summed E-state index contributed by atoms with van der Waals surface area (Å²) < 4.78 is 27.1. The zero-order valence-electron chi connectivity index (χ0n) is 14.0. The summed E-state index contributed by atoms with van der Waals surface area (Å²) in [6, 6.07) is 14.9. The Bertz CT molecular complexity index is 866. The largest absolute Gasteiger partial charge is 0.267 e. The molecule has 0 N–H and O–H groups in total. The zero-order chi connectivity index (χ0) is 17.2. The molecule has 0 saturated heterocycles. The lowest BCUT2D eigenvalue weighted by molar-refractivity contribution is 0.222. The van der Waals surface area contributed by atoms with Crippen molar-refractivity contribution >= 4 is 16.2 Å². The Morgan fingerprint density at radius 3 is 2.67 bits per heavy atom. The van der Waals surface area contributed by atoms with Gasteiger partial charge in [-0.2, -0.15) is 8.42 Å². The molecule has 0 fully saturated rings. The molecule has 0 saturated carbocycles. The van der Waals surface area contributed by atoms with E-state index in [2.05, 4.69) is 54.6 Å². The van der Waals surface area contributed by atoms with Crippen molar-refractivity contribution in [3.8, 4) is 11.1 Å². The van der Waals surface area contributed by atoms with Gasteiger partial charge in [-0.05, 0) is 54.0 Å². The molecule has 1 unspecified atom stereocenters. The third-order valence-electron chi connectivity index (χ3n) is 4.26. The fraction of sp³-hybridized carbons (Fsp3) is 0.300. The van der Waals surface area contributed by atoms with E-state index in [9.17, 15) is 8.42 Å². The highest BCUT2D eigenvalue weighted by molar-refractivity contribution is 7.86. The first kappa shape index (κ1) is 16.9. The first-order chi connectivity index (χ1) is 11.4. The lowest BCUT2D eigenvalue weighted by Gasteiger charge is -2.09. The molecule has 0 bridgehead atoms. The fourth-order valence-electron chi connectivity index (χ4n) is 3.23. The van der Waals surface area contributed by atoms with Gasteiger partial charge in [0, 0.05) is 0 Å². The molecule has 126 valence electrons. The number of allylic oxidation sites excluding steroid dienone is 1. The standard InChI is InChI=1S/C20H22O3S/c1-15(23-24(2,21)22)8-3-4-9-16-11-7-13-19-18-12-6-5-10-17(18)14-20(16)19/h4-7,9-13,15H,3,8,14H2,1-2H3. The Morgan fingerprint density at radius 1 is 1.12 bits per heavy atom. The number of fused-ring (bicyclic) bond motifs is 3.